The zero-order valence-corrected chi connectivity index (χ0v) is 18.5. The Hall–Kier alpha value is -3.46. The third-order valence-electron chi connectivity index (χ3n) is 6.98. The van der Waals surface area contributed by atoms with E-state index in [4.69, 9.17) is 11.6 Å². The molecule has 3 atom stereocenters. The Morgan fingerprint density at radius 2 is 1.88 bits per heavy atom. The van der Waals surface area contributed by atoms with Crippen LogP contribution in [0.1, 0.15) is 25.3 Å². The SMILES string of the molecule is C[C@@H]1CCN2c3ccc([N+](=O)[O-])cc3C[C@@]3(C(=O)NC(=O)N(c4ccc(Cl)cc4)C3=O)[C@H]2C1. The molecule has 1 spiro atoms. The van der Waals surface area contributed by atoms with Crippen molar-refractivity contribution < 1.29 is 19.3 Å². The predicted molar refractivity (Wildman–Crippen MR) is 121 cm³/mol. The van der Waals surface area contributed by atoms with Crippen molar-refractivity contribution in [3.63, 3.8) is 0 Å². The van der Waals surface area contributed by atoms with Crippen LogP contribution in [0.25, 0.3) is 0 Å². The summed E-state index contributed by atoms with van der Waals surface area (Å²) in [5.41, 5.74) is -0.0663. The van der Waals surface area contributed by atoms with Gasteiger partial charge >= 0.3 is 6.03 Å². The van der Waals surface area contributed by atoms with E-state index in [1.807, 2.05) is 4.90 Å². The Morgan fingerprint density at radius 1 is 1.15 bits per heavy atom. The zero-order valence-electron chi connectivity index (χ0n) is 17.8. The molecule has 3 aliphatic heterocycles. The van der Waals surface area contributed by atoms with Crippen molar-refractivity contribution in [2.75, 3.05) is 16.3 Å². The Bertz CT molecular complexity index is 1200. The monoisotopic (exact) mass is 468 g/mol. The molecule has 3 heterocycles. The summed E-state index contributed by atoms with van der Waals surface area (Å²) >= 11 is 5.97. The summed E-state index contributed by atoms with van der Waals surface area (Å²) in [5.74, 6) is -1.02. The first kappa shape index (κ1) is 21.4. The highest BCUT2D eigenvalue weighted by molar-refractivity contribution is 6.32. The molecule has 2 saturated heterocycles. The van der Waals surface area contributed by atoms with Gasteiger partial charge in [-0.3, -0.25) is 25.0 Å². The van der Waals surface area contributed by atoms with Crippen LogP contribution in [0.4, 0.5) is 21.9 Å². The van der Waals surface area contributed by atoms with Gasteiger partial charge in [0.05, 0.1) is 16.7 Å². The number of carbonyl (C=O) groups is 3. The summed E-state index contributed by atoms with van der Waals surface area (Å²) in [4.78, 5) is 54.2. The lowest BCUT2D eigenvalue weighted by Gasteiger charge is -2.54. The van der Waals surface area contributed by atoms with Crippen LogP contribution in [0.3, 0.4) is 0 Å². The number of hydrogen-bond donors (Lipinski definition) is 1. The maximum Gasteiger partial charge on any atom is 0.335 e. The number of hydrogen-bond acceptors (Lipinski definition) is 6. The van der Waals surface area contributed by atoms with Crippen LogP contribution in [-0.2, 0) is 16.0 Å². The number of nitrogens with one attached hydrogen (secondary N) is 1. The molecule has 0 radical (unpaired) electrons. The number of nitrogens with zero attached hydrogens (tertiary/aromatic N) is 3. The van der Waals surface area contributed by atoms with Gasteiger partial charge < -0.3 is 4.90 Å². The molecule has 0 saturated carbocycles. The second-order valence-corrected chi connectivity index (χ2v) is 9.37. The number of nitro benzene ring substituents is 1. The molecule has 2 aromatic carbocycles. The van der Waals surface area contributed by atoms with Crippen LogP contribution in [0.2, 0.25) is 5.02 Å². The molecule has 0 aromatic heterocycles. The molecule has 2 fully saturated rings. The Balaban J connectivity index is 1.68. The molecule has 0 aliphatic carbocycles. The quantitative estimate of drug-likeness (QED) is 0.408. The first-order chi connectivity index (χ1) is 15.7. The minimum absolute atomic E-state index is 0.0278. The van der Waals surface area contributed by atoms with Crippen LogP contribution >= 0.6 is 11.6 Å². The van der Waals surface area contributed by atoms with E-state index in [9.17, 15) is 24.5 Å². The van der Waals surface area contributed by atoms with Crippen molar-refractivity contribution >= 4 is 46.5 Å². The molecule has 0 bridgehead atoms. The molecule has 4 amide bonds. The molecular weight excluding hydrogens is 448 g/mol. The maximum absolute atomic E-state index is 14.0. The van der Waals surface area contributed by atoms with Gasteiger partial charge in [0.25, 0.3) is 11.6 Å². The minimum Gasteiger partial charge on any atom is -0.367 e. The number of non-ortho nitro benzene ring substituents is 1. The second kappa shape index (κ2) is 7.55. The fourth-order valence-electron chi connectivity index (χ4n) is 5.35. The van der Waals surface area contributed by atoms with E-state index >= 15 is 0 Å². The lowest BCUT2D eigenvalue weighted by atomic mass is 9.64. The third kappa shape index (κ3) is 3.18. The Morgan fingerprint density at radius 3 is 2.58 bits per heavy atom. The number of barbiturate groups is 1. The van der Waals surface area contributed by atoms with Crippen LogP contribution in [-0.4, -0.2) is 35.4 Å². The number of piperidine rings is 1. The van der Waals surface area contributed by atoms with E-state index in [0.717, 1.165) is 17.0 Å². The third-order valence-corrected chi connectivity index (χ3v) is 7.24. The number of urea groups is 1. The van der Waals surface area contributed by atoms with Gasteiger partial charge in [-0.05, 0) is 54.7 Å². The summed E-state index contributed by atoms with van der Waals surface area (Å²) in [6.45, 7) is 2.68. The molecule has 10 heteroatoms. The van der Waals surface area contributed by atoms with Gasteiger partial charge in [0.15, 0.2) is 5.41 Å². The topological polar surface area (TPSA) is 113 Å². The average Bonchev–Trinajstić information content (AvgIpc) is 2.78. The predicted octanol–water partition coefficient (Wildman–Crippen LogP) is 3.68. The molecule has 5 rings (SSSR count). The molecular formula is C23H21ClN4O5. The summed E-state index contributed by atoms with van der Waals surface area (Å²) < 4.78 is 0. The van der Waals surface area contributed by atoms with Crippen LogP contribution in [0.5, 0.6) is 0 Å². The van der Waals surface area contributed by atoms with E-state index in [0.29, 0.717) is 29.2 Å². The molecule has 0 unspecified atom stereocenters. The number of carbonyl (C=O) groups excluding carboxylic acids is 3. The number of halogens is 1. The molecule has 170 valence electrons. The van der Waals surface area contributed by atoms with Gasteiger partial charge in [-0.2, -0.15) is 0 Å². The largest absolute Gasteiger partial charge is 0.367 e. The highest BCUT2D eigenvalue weighted by Gasteiger charge is 2.63. The highest BCUT2D eigenvalue weighted by atomic mass is 35.5. The molecule has 9 nitrogen and oxygen atoms in total. The Kier molecular flexibility index (Phi) is 4.89. The number of amides is 4. The first-order valence-corrected chi connectivity index (χ1v) is 11.1. The van der Waals surface area contributed by atoms with E-state index in [1.165, 1.54) is 12.1 Å². The standard InChI is InChI=1S/C23H21ClN4O5/c1-13-8-9-26-18-7-6-17(28(32)33)11-14(18)12-23(19(26)10-13)20(29)25-22(31)27(21(23)30)16-4-2-15(24)3-5-16/h2-7,11,13,19H,8-10,12H2,1H3,(H,25,29,31)/t13-,19-,23+/m1/s1. The smallest absolute Gasteiger partial charge is 0.335 e. The summed E-state index contributed by atoms with van der Waals surface area (Å²) in [5, 5.41) is 14.2. The molecule has 3 aliphatic rings. The van der Waals surface area contributed by atoms with E-state index in [-0.39, 0.29) is 18.0 Å². The van der Waals surface area contributed by atoms with Crippen molar-refractivity contribution in [1.82, 2.24) is 5.32 Å². The van der Waals surface area contributed by atoms with Crippen molar-refractivity contribution in [3.8, 4) is 0 Å². The van der Waals surface area contributed by atoms with E-state index < -0.39 is 34.2 Å². The lowest BCUT2D eigenvalue weighted by molar-refractivity contribution is -0.384. The fourth-order valence-corrected chi connectivity index (χ4v) is 5.48. The van der Waals surface area contributed by atoms with Crippen LogP contribution in [0, 0.1) is 21.4 Å². The number of rotatable bonds is 2. The number of nitro groups is 1. The molecule has 1 N–H and O–H groups in total. The Labute approximate surface area is 194 Å². The van der Waals surface area contributed by atoms with Crippen molar-refractivity contribution in [2.45, 2.75) is 32.2 Å². The second-order valence-electron chi connectivity index (χ2n) is 8.93. The number of fused-ring (bicyclic) bond motifs is 4. The lowest BCUT2D eigenvalue weighted by Crippen LogP contribution is -2.73. The van der Waals surface area contributed by atoms with E-state index in [1.54, 1.807) is 30.3 Å². The summed E-state index contributed by atoms with van der Waals surface area (Å²) in [6.07, 6.45) is 1.41. The maximum atomic E-state index is 14.0. The van der Waals surface area contributed by atoms with Crippen molar-refractivity contribution in [2.24, 2.45) is 11.3 Å². The number of benzene rings is 2. The van der Waals surface area contributed by atoms with Crippen molar-refractivity contribution in [1.29, 1.82) is 0 Å². The van der Waals surface area contributed by atoms with Gasteiger partial charge in [-0.25, -0.2) is 9.69 Å². The zero-order chi connectivity index (χ0) is 23.5. The van der Waals surface area contributed by atoms with Gasteiger partial charge in [-0.15, -0.1) is 0 Å². The fraction of sp³-hybridized carbons (Fsp3) is 0.348. The van der Waals surface area contributed by atoms with Gasteiger partial charge in [0, 0.05) is 35.8 Å². The van der Waals surface area contributed by atoms with Crippen LogP contribution in [0.15, 0.2) is 42.5 Å². The van der Waals surface area contributed by atoms with Crippen molar-refractivity contribution in [3.05, 3.63) is 63.2 Å². The van der Waals surface area contributed by atoms with Crippen LogP contribution < -0.4 is 15.1 Å². The van der Waals surface area contributed by atoms with Gasteiger partial charge in [0.2, 0.25) is 5.91 Å². The number of imide groups is 2. The minimum atomic E-state index is -1.59. The number of anilines is 2. The normalized spacial score (nSPS) is 26.7. The summed E-state index contributed by atoms with van der Waals surface area (Å²) in [6, 6.07) is 9.48. The molecule has 2 aromatic rings. The van der Waals surface area contributed by atoms with Gasteiger partial charge in [0.1, 0.15) is 0 Å². The van der Waals surface area contributed by atoms with Gasteiger partial charge in [-0.1, -0.05) is 18.5 Å². The highest BCUT2D eigenvalue weighted by Crippen LogP contribution is 2.49. The average molecular weight is 469 g/mol. The molecule has 33 heavy (non-hydrogen) atoms. The first-order valence-electron chi connectivity index (χ1n) is 10.7. The summed E-state index contributed by atoms with van der Waals surface area (Å²) in [7, 11) is 0. The van der Waals surface area contributed by atoms with E-state index in [2.05, 4.69) is 12.2 Å².